The zero-order valence-electron chi connectivity index (χ0n) is 36.1. The number of carboxylic acid groups (broad SMARTS) is 1. The van der Waals surface area contributed by atoms with E-state index >= 15 is 0 Å². The van der Waals surface area contributed by atoms with Gasteiger partial charge in [0, 0.05) is 12.8 Å². The summed E-state index contributed by atoms with van der Waals surface area (Å²) in [7, 11) is -4.73. The minimum Gasteiger partial charge on any atom is -0.480 e. The molecule has 1 unspecified atom stereocenters. The molecular weight excluding hydrogens is 757 g/mol. The summed E-state index contributed by atoms with van der Waals surface area (Å²) >= 11 is 0. The minimum absolute atomic E-state index is 0.115. The molecular formula is C46H80NO10P. The lowest BCUT2D eigenvalue weighted by Crippen LogP contribution is -2.34. The molecule has 11 nitrogen and oxygen atoms in total. The Morgan fingerprint density at radius 1 is 0.534 bits per heavy atom. The number of aliphatic carboxylic acids is 1. The number of ether oxygens (including phenoxy) is 2. The first-order chi connectivity index (χ1) is 28.1. The van der Waals surface area contributed by atoms with Gasteiger partial charge in [0.15, 0.2) is 6.10 Å². The van der Waals surface area contributed by atoms with E-state index in [2.05, 4.69) is 73.1 Å². The highest BCUT2D eigenvalue weighted by Gasteiger charge is 2.28. The van der Waals surface area contributed by atoms with Gasteiger partial charge in [0.1, 0.15) is 12.6 Å². The second-order valence-electron chi connectivity index (χ2n) is 14.8. The third-order valence-electron chi connectivity index (χ3n) is 9.25. The fraction of sp³-hybridized carbons (Fsp3) is 0.717. The van der Waals surface area contributed by atoms with Crippen molar-refractivity contribution in [1.29, 1.82) is 0 Å². The monoisotopic (exact) mass is 838 g/mol. The number of carbonyl (C=O) groups excluding carboxylic acids is 2. The van der Waals surface area contributed by atoms with Crippen LogP contribution in [0.2, 0.25) is 0 Å². The molecule has 0 aromatic carbocycles. The van der Waals surface area contributed by atoms with Gasteiger partial charge in [0.2, 0.25) is 0 Å². The number of unbranched alkanes of at least 4 members (excludes halogenated alkanes) is 17. The molecule has 0 amide bonds. The predicted molar refractivity (Wildman–Crippen MR) is 235 cm³/mol. The summed E-state index contributed by atoms with van der Waals surface area (Å²) in [5, 5.41) is 8.89. The lowest BCUT2D eigenvalue weighted by Gasteiger charge is -2.20. The molecule has 334 valence electrons. The zero-order chi connectivity index (χ0) is 42.8. The number of carbonyl (C=O) groups is 3. The largest absolute Gasteiger partial charge is 0.480 e. The van der Waals surface area contributed by atoms with Gasteiger partial charge in [-0.3, -0.25) is 23.4 Å². The number of hydrogen-bond acceptors (Lipinski definition) is 9. The maximum atomic E-state index is 12.6. The lowest BCUT2D eigenvalue weighted by atomic mass is 10.1. The van der Waals surface area contributed by atoms with E-state index in [1.54, 1.807) is 0 Å². The number of allylic oxidation sites excluding steroid dienone is 10. The van der Waals surface area contributed by atoms with Crippen molar-refractivity contribution >= 4 is 25.7 Å². The Morgan fingerprint density at radius 2 is 0.948 bits per heavy atom. The third-order valence-corrected chi connectivity index (χ3v) is 10.2. The molecule has 0 aromatic rings. The molecule has 12 heteroatoms. The van der Waals surface area contributed by atoms with Gasteiger partial charge < -0.3 is 25.2 Å². The quantitative estimate of drug-likeness (QED) is 0.0231. The van der Waals surface area contributed by atoms with Gasteiger partial charge in [-0.25, -0.2) is 4.57 Å². The van der Waals surface area contributed by atoms with E-state index in [0.29, 0.717) is 12.8 Å². The lowest BCUT2D eigenvalue weighted by molar-refractivity contribution is -0.161. The first-order valence-electron chi connectivity index (χ1n) is 22.3. The summed E-state index contributed by atoms with van der Waals surface area (Å²) in [6.45, 7) is 2.70. The summed E-state index contributed by atoms with van der Waals surface area (Å²) in [6.07, 6.45) is 47.2. The molecule has 3 atom stereocenters. The molecule has 0 aromatic heterocycles. The van der Waals surface area contributed by atoms with Crippen LogP contribution < -0.4 is 5.73 Å². The fourth-order valence-electron chi connectivity index (χ4n) is 5.71. The smallest absolute Gasteiger partial charge is 0.472 e. The molecule has 0 aliphatic rings. The van der Waals surface area contributed by atoms with Crippen LogP contribution in [0.3, 0.4) is 0 Å². The average molecular weight is 838 g/mol. The van der Waals surface area contributed by atoms with Crippen LogP contribution in [-0.2, 0) is 37.5 Å². The van der Waals surface area contributed by atoms with Crippen LogP contribution in [0.5, 0.6) is 0 Å². The highest BCUT2D eigenvalue weighted by molar-refractivity contribution is 7.47. The summed E-state index contributed by atoms with van der Waals surface area (Å²) in [5.74, 6) is -2.48. The van der Waals surface area contributed by atoms with E-state index in [9.17, 15) is 23.8 Å². The van der Waals surface area contributed by atoms with Crippen molar-refractivity contribution in [1.82, 2.24) is 0 Å². The Hall–Kier alpha value is -2.82. The maximum Gasteiger partial charge on any atom is 0.472 e. The van der Waals surface area contributed by atoms with Crippen molar-refractivity contribution < 1.29 is 47.5 Å². The number of phosphoric ester groups is 1. The Balaban J connectivity index is 4.46. The first-order valence-corrected chi connectivity index (χ1v) is 23.8. The molecule has 0 fully saturated rings. The number of esters is 2. The Labute approximate surface area is 351 Å². The molecule has 0 saturated carbocycles. The molecule has 0 saturated heterocycles. The Kier molecular flexibility index (Phi) is 38.9. The van der Waals surface area contributed by atoms with Crippen LogP contribution in [-0.4, -0.2) is 59.9 Å². The topological polar surface area (TPSA) is 172 Å². The van der Waals surface area contributed by atoms with E-state index in [1.165, 1.54) is 89.9 Å². The molecule has 0 bridgehead atoms. The van der Waals surface area contributed by atoms with Gasteiger partial charge in [-0.05, 0) is 70.6 Å². The standard InChI is InChI=1S/C46H80NO10P/c1-3-5-7-9-11-13-15-17-19-20-21-22-24-26-28-30-32-34-36-38-45(49)57-42(40-55-58(52,53)56-41-43(47)46(50)51)39-54-44(48)37-35-33-31-29-27-25-23-18-16-14-12-10-8-6-4-2/h11,13,17,19,21-22,26,28,31,33,42-43H,3-10,12,14-16,18,20,23-25,27,29-30,32,34-41,47H2,1-2H3,(H,50,51)(H,52,53)/b13-11+,19-17+,22-21+,28-26+,33-31+/t42-,43+/m1/s1. The van der Waals surface area contributed by atoms with Crippen molar-refractivity contribution in [3.05, 3.63) is 60.8 Å². The van der Waals surface area contributed by atoms with E-state index in [1.807, 2.05) is 6.08 Å². The number of hydrogen-bond donors (Lipinski definition) is 3. The van der Waals surface area contributed by atoms with Crippen molar-refractivity contribution in [3.63, 3.8) is 0 Å². The SMILES string of the molecule is CCCCC/C=C/C/C=C/C/C=C/C/C=C/CCCCCC(=O)O[C@H](COC(=O)CC/C=C/CCCCCCCCCCCCC)COP(=O)(O)OC[C@H](N)C(=O)O. The van der Waals surface area contributed by atoms with Crippen LogP contribution in [0.4, 0.5) is 0 Å². The fourth-order valence-corrected chi connectivity index (χ4v) is 6.49. The van der Waals surface area contributed by atoms with Crippen LogP contribution in [0.15, 0.2) is 60.8 Å². The summed E-state index contributed by atoms with van der Waals surface area (Å²) < 4.78 is 32.6. The second kappa shape index (κ2) is 40.9. The van der Waals surface area contributed by atoms with Crippen LogP contribution in [0, 0.1) is 0 Å². The third kappa shape index (κ3) is 40.0. The van der Waals surface area contributed by atoms with Crippen LogP contribution in [0.25, 0.3) is 0 Å². The number of phosphoric acid groups is 1. The highest BCUT2D eigenvalue weighted by Crippen LogP contribution is 2.43. The van der Waals surface area contributed by atoms with E-state index in [4.69, 9.17) is 24.8 Å². The molecule has 58 heavy (non-hydrogen) atoms. The van der Waals surface area contributed by atoms with Gasteiger partial charge in [-0.15, -0.1) is 0 Å². The van der Waals surface area contributed by atoms with Crippen molar-refractivity contribution in [2.75, 3.05) is 19.8 Å². The summed E-state index contributed by atoms with van der Waals surface area (Å²) in [4.78, 5) is 45.9. The molecule has 0 heterocycles. The average Bonchev–Trinajstić information content (AvgIpc) is 3.20. The van der Waals surface area contributed by atoms with Crippen molar-refractivity contribution in [2.24, 2.45) is 5.73 Å². The van der Waals surface area contributed by atoms with Gasteiger partial charge in [-0.2, -0.15) is 0 Å². The van der Waals surface area contributed by atoms with E-state index in [-0.39, 0.29) is 19.4 Å². The molecule has 0 spiro atoms. The first kappa shape index (κ1) is 55.2. The second-order valence-corrected chi connectivity index (χ2v) is 16.3. The van der Waals surface area contributed by atoms with Gasteiger partial charge in [-0.1, -0.05) is 158 Å². The predicted octanol–water partition coefficient (Wildman–Crippen LogP) is 12.0. The van der Waals surface area contributed by atoms with Crippen LogP contribution >= 0.6 is 7.82 Å². The molecule has 0 aliphatic carbocycles. The van der Waals surface area contributed by atoms with Crippen LogP contribution in [0.1, 0.15) is 181 Å². The normalized spacial score (nSPS) is 14.3. The Morgan fingerprint density at radius 3 is 1.48 bits per heavy atom. The Bertz CT molecular complexity index is 1210. The molecule has 0 radical (unpaired) electrons. The highest BCUT2D eigenvalue weighted by atomic mass is 31.2. The van der Waals surface area contributed by atoms with Gasteiger partial charge in [0.05, 0.1) is 13.2 Å². The maximum absolute atomic E-state index is 12.6. The van der Waals surface area contributed by atoms with Crippen molar-refractivity contribution in [3.8, 4) is 0 Å². The summed E-state index contributed by atoms with van der Waals surface area (Å²) in [5.41, 5.74) is 5.33. The van der Waals surface area contributed by atoms with E-state index in [0.717, 1.165) is 51.4 Å². The number of nitrogens with two attached hydrogens (primary N) is 1. The molecule has 4 N–H and O–H groups in total. The van der Waals surface area contributed by atoms with Gasteiger partial charge in [0.25, 0.3) is 0 Å². The number of carboxylic acids is 1. The molecule has 0 rings (SSSR count). The summed E-state index contributed by atoms with van der Waals surface area (Å²) in [6, 6.07) is -1.53. The zero-order valence-corrected chi connectivity index (χ0v) is 37.0. The van der Waals surface area contributed by atoms with E-state index < -0.39 is 51.1 Å². The molecule has 0 aliphatic heterocycles. The number of rotatable bonds is 41. The minimum atomic E-state index is -4.73. The van der Waals surface area contributed by atoms with Gasteiger partial charge >= 0.3 is 25.7 Å². The van der Waals surface area contributed by atoms with Crippen molar-refractivity contribution in [2.45, 2.75) is 193 Å².